The minimum atomic E-state index is -1.31. The number of carbonyl (C=O) groups is 1. The molecule has 0 amide bonds. The van der Waals surface area contributed by atoms with Gasteiger partial charge in [0.15, 0.2) is 5.82 Å². The summed E-state index contributed by atoms with van der Waals surface area (Å²) in [6.45, 7) is 0. The summed E-state index contributed by atoms with van der Waals surface area (Å²) in [5.41, 5.74) is 0.563. The number of nitrogens with zero attached hydrogens (tertiary/aromatic N) is 4. The monoisotopic (exact) mass is 310 g/mol. The number of nitro groups is 1. The van der Waals surface area contributed by atoms with Crippen molar-refractivity contribution in [1.29, 1.82) is 0 Å². The number of carboxylic acid groups (broad SMARTS) is 1. The molecule has 3 rings (SSSR count). The van der Waals surface area contributed by atoms with Crippen molar-refractivity contribution in [3.8, 4) is 17.1 Å². The zero-order chi connectivity index (χ0) is 16.4. The van der Waals surface area contributed by atoms with Crippen molar-refractivity contribution in [1.82, 2.24) is 14.8 Å². The molecule has 1 aromatic heterocycles. The van der Waals surface area contributed by atoms with Gasteiger partial charge in [-0.2, -0.15) is 0 Å². The molecule has 0 fully saturated rings. The molecule has 3 aromatic rings. The Bertz CT molecular complexity index is 890. The second-order valence-corrected chi connectivity index (χ2v) is 4.59. The Kier molecular flexibility index (Phi) is 3.55. The number of aromatic nitrogens is 3. The summed E-state index contributed by atoms with van der Waals surface area (Å²) in [6, 6.07) is 14.7. The van der Waals surface area contributed by atoms with Gasteiger partial charge >= 0.3 is 5.97 Å². The zero-order valence-electron chi connectivity index (χ0n) is 11.7. The Morgan fingerprint density at radius 3 is 2.39 bits per heavy atom. The van der Waals surface area contributed by atoms with Gasteiger partial charge in [0.2, 0.25) is 0 Å². The SMILES string of the molecule is O=C(O)c1nc(-c2ccccc2)n(-c2ccccc2[N+](=O)[O-])n1. The predicted molar refractivity (Wildman–Crippen MR) is 80.4 cm³/mol. The zero-order valence-corrected chi connectivity index (χ0v) is 11.7. The van der Waals surface area contributed by atoms with Gasteiger partial charge in [0.25, 0.3) is 11.5 Å². The number of hydrogen-bond donors (Lipinski definition) is 1. The van der Waals surface area contributed by atoms with E-state index in [1.807, 2.05) is 0 Å². The number of para-hydroxylation sites is 2. The molecule has 2 aromatic carbocycles. The lowest BCUT2D eigenvalue weighted by Gasteiger charge is -2.06. The van der Waals surface area contributed by atoms with Gasteiger partial charge in [0, 0.05) is 11.6 Å². The molecule has 114 valence electrons. The number of carboxylic acids is 1. The summed E-state index contributed by atoms with van der Waals surface area (Å²) >= 11 is 0. The van der Waals surface area contributed by atoms with Gasteiger partial charge in [-0.1, -0.05) is 42.5 Å². The lowest BCUT2D eigenvalue weighted by atomic mass is 10.2. The van der Waals surface area contributed by atoms with Crippen LogP contribution in [0.3, 0.4) is 0 Å². The number of hydrogen-bond acceptors (Lipinski definition) is 5. The summed E-state index contributed by atoms with van der Waals surface area (Å²) in [7, 11) is 0. The number of aromatic carboxylic acids is 1. The van der Waals surface area contributed by atoms with Crippen LogP contribution in [-0.4, -0.2) is 30.8 Å². The molecule has 0 spiro atoms. The third kappa shape index (κ3) is 2.64. The van der Waals surface area contributed by atoms with E-state index in [2.05, 4.69) is 10.1 Å². The van der Waals surface area contributed by atoms with E-state index in [0.717, 1.165) is 0 Å². The Labute approximate surface area is 129 Å². The van der Waals surface area contributed by atoms with Crippen molar-refractivity contribution >= 4 is 11.7 Å². The molecule has 0 radical (unpaired) electrons. The highest BCUT2D eigenvalue weighted by Gasteiger charge is 2.22. The van der Waals surface area contributed by atoms with E-state index in [1.54, 1.807) is 36.4 Å². The molecule has 8 heteroatoms. The fourth-order valence-corrected chi connectivity index (χ4v) is 2.14. The Hall–Kier alpha value is -3.55. The average molecular weight is 310 g/mol. The van der Waals surface area contributed by atoms with Crippen LogP contribution >= 0.6 is 0 Å². The van der Waals surface area contributed by atoms with Crippen molar-refractivity contribution in [2.75, 3.05) is 0 Å². The van der Waals surface area contributed by atoms with E-state index in [-0.39, 0.29) is 17.2 Å². The summed E-state index contributed by atoms with van der Waals surface area (Å²) in [6.07, 6.45) is 0. The van der Waals surface area contributed by atoms with Gasteiger partial charge < -0.3 is 5.11 Å². The highest BCUT2D eigenvalue weighted by Crippen LogP contribution is 2.27. The standard InChI is InChI=1S/C15H10N4O4/c20-15(21)13-16-14(10-6-2-1-3-7-10)18(17-13)11-8-4-5-9-12(11)19(22)23/h1-9H,(H,20,21). The molecule has 0 unspecified atom stereocenters. The van der Waals surface area contributed by atoms with Crippen LogP contribution in [0.15, 0.2) is 54.6 Å². The normalized spacial score (nSPS) is 10.4. The first-order valence-corrected chi connectivity index (χ1v) is 6.57. The van der Waals surface area contributed by atoms with Gasteiger partial charge in [-0.25, -0.2) is 14.5 Å². The fraction of sp³-hybridized carbons (Fsp3) is 0. The smallest absolute Gasteiger partial charge is 0.375 e. The van der Waals surface area contributed by atoms with Crippen molar-refractivity contribution in [3.05, 3.63) is 70.5 Å². The molecule has 0 atom stereocenters. The number of rotatable bonds is 4. The van der Waals surface area contributed by atoms with Crippen LogP contribution in [0.2, 0.25) is 0 Å². The third-order valence-electron chi connectivity index (χ3n) is 3.14. The number of nitro benzene ring substituents is 1. The maximum Gasteiger partial charge on any atom is 0.375 e. The molecule has 0 aliphatic heterocycles. The summed E-state index contributed by atoms with van der Waals surface area (Å²) in [5.74, 6) is -1.51. The molecule has 0 aliphatic carbocycles. The van der Waals surface area contributed by atoms with Crippen molar-refractivity contribution < 1.29 is 14.8 Å². The highest BCUT2D eigenvalue weighted by molar-refractivity contribution is 5.84. The molecule has 8 nitrogen and oxygen atoms in total. The van der Waals surface area contributed by atoms with E-state index >= 15 is 0 Å². The van der Waals surface area contributed by atoms with E-state index in [4.69, 9.17) is 5.11 Å². The molecule has 0 aliphatic rings. The first-order chi connectivity index (χ1) is 11.1. The highest BCUT2D eigenvalue weighted by atomic mass is 16.6. The van der Waals surface area contributed by atoms with E-state index in [0.29, 0.717) is 5.56 Å². The molecule has 1 N–H and O–H groups in total. The van der Waals surface area contributed by atoms with Crippen LogP contribution in [-0.2, 0) is 0 Å². The maximum absolute atomic E-state index is 11.2. The first-order valence-electron chi connectivity index (χ1n) is 6.57. The quantitative estimate of drug-likeness (QED) is 0.585. The topological polar surface area (TPSA) is 111 Å². The molecule has 23 heavy (non-hydrogen) atoms. The molecule has 0 saturated carbocycles. The third-order valence-corrected chi connectivity index (χ3v) is 3.14. The fourth-order valence-electron chi connectivity index (χ4n) is 2.14. The van der Waals surface area contributed by atoms with Crippen molar-refractivity contribution in [2.45, 2.75) is 0 Å². The minimum absolute atomic E-state index is 0.149. The van der Waals surface area contributed by atoms with E-state index < -0.39 is 16.7 Å². The van der Waals surface area contributed by atoms with Crippen LogP contribution in [0.4, 0.5) is 5.69 Å². The maximum atomic E-state index is 11.2. The molecule has 0 bridgehead atoms. The second-order valence-electron chi connectivity index (χ2n) is 4.59. The Morgan fingerprint density at radius 2 is 1.74 bits per heavy atom. The van der Waals surface area contributed by atoms with Gasteiger partial charge in [0.1, 0.15) is 5.69 Å². The van der Waals surface area contributed by atoms with Gasteiger partial charge in [-0.15, -0.1) is 5.10 Å². The minimum Gasteiger partial charge on any atom is -0.475 e. The summed E-state index contributed by atoms with van der Waals surface area (Å²) in [4.78, 5) is 25.8. The van der Waals surface area contributed by atoms with Gasteiger partial charge in [-0.3, -0.25) is 10.1 Å². The van der Waals surface area contributed by atoms with Gasteiger partial charge in [0.05, 0.1) is 4.92 Å². The van der Waals surface area contributed by atoms with Crippen LogP contribution in [0.1, 0.15) is 10.6 Å². The largest absolute Gasteiger partial charge is 0.475 e. The summed E-state index contributed by atoms with van der Waals surface area (Å²) in [5, 5.41) is 24.2. The Morgan fingerprint density at radius 1 is 1.09 bits per heavy atom. The summed E-state index contributed by atoms with van der Waals surface area (Å²) < 4.78 is 1.18. The van der Waals surface area contributed by atoms with Crippen molar-refractivity contribution in [3.63, 3.8) is 0 Å². The van der Waals surface area contributed by atoms with E-state index in [9.17, 15) is 14.9 Å². The van der Waals surface area contributed by atoms with Gasteiger partial charge in [-0.05, 0) is 6.07 Å². The second kappa shape index (κ2) is 5.68. The first kappa shape index (κ1) is 14.4. The van der Waals surface area contributed by atoms with Crippen molar-refractivity contribution in [2.24, 2.45) is 0 Å². The Balaban J connectivity index is 2.27. The molecular weight excluding hydrogens is 300 g/mol. The van der Waals surface area contributed by atoms with Crippen LogP contribution < -0.4 is 0 Å². The van der Waals surface area contributed by atoms with Crippen LogP contribution in [0.25, 0.3) is 17.1 Å². The van der Waals surface area contributed by atoms with Crippen LogP contribution in [0, 0.1) is 10.1 Å². The van der Waals surface area contributed by atoms with E-state index in [1.165, 1.54) is 22.9 Å². The lowest BCUT2D eigenvalue weighted by molar-refractivity contribution is -0.384. The predicted octanol–water partition coefficient (Wildman–Crippen LogP) is 2.54. The molecule has 1 heterocycles. The molecular formula is C15H10N4O4. The average Bonchev–Trinajstić information content (AvgIpc) is 3.01. The molecule has 0 saturated heterocycles. The van der Waals surface area contributed by atoms with Crippen LogP contribution in [0.5, 0.6) is 0 Å². The number of benzene rings is 2. The lowest BCUT2D eigenvalue weighted by Crippen LogP contribution is -2.05.